The largest absolute Gasteiger partial charge is 0.467 e. The fourth-order valence-corrected chi connectivity index (χ4v) is 2.12. The number of rotatable bonds is 7. The predicted octanol–water partition coefficient (Wildman–Crippen LogP) is 2.32. The second-order valence-electron chi connectivity index (χ2n) is 5.10. The Morgan fingerprint density at radius 2 is 1.88 bits per heavy atom. The first-order chi connectivity index (χ1) is 11.4. The molecule has 0 aliphatic rings. The molecule has 2 rings (SSSR count). The number of benzene rings is 1. The smallest absolute Gasteiger partial charge is 0.407 e. The van der Waals surface area contributed by atoms with Crippen LogP contribution in [-0.4, -0.2) is 30.3 Å². The summed E-state index contributed by atoms with van der Waals surface area (Å²) in [4.78, 5) is 11.7. The average Bonchev–Trinajstić information content (AvgIpc) is 3.07. The fraction of sp³-hybridized carbons (Fsp3) is 0.312. The Bertz CT molecular complexity index is 630. The molecule has 0 spiro atoms. The number of alkyl halides is 3. The highest BCUT2D eigenvalue weighted by atomic mass is 19.4. The number of nitrogens with one attached hydrogen (secondary N) is 2. The van der Waals surface area contributed by atoms with Gasteiger partial charge in [-0.15, -0.1) is 0 Å². The van der Waals surface area contributed by atoms with Crippen molar-refractivity contribution in [2.45, 2.75) is 18.3 Å². The van der Waals surface area contributed by atoms with E-state index in [2.05, 4.69) is 10.6 Å². The second kappa shape index (κ2) is 7.98. The van der Waals surface area contributed by atoms with Crippen LogP contribution in [0.4, 0.5) is 13.2 Å². The molecule has 0 saturated heterocycles. The van der Waals surface area contributed by atoms with Crippen LogP contribution in [0.5, 0.6) is 0 Å². The molecule has 130 valence electrons. The van der Waals surface area contributed by atoms with Crippen LogP contribution >= 0.6 is 0 Å². The highest BCUT2D eigenvalue weighted by Gasteiger charge is 2.40. The van der Waals surface area contributed by atoms with Gasteiger partial charge in [-0.3, -0.25) is 10.1 Å². The van der Waals surface area contributed by atoms with Gasteiger partial charge in [0.05, 0.1) is 19.4 Å². The molecule has 3 N–H and O–H groups in total. The summed E-state index contributed by atoms with van der Waals surface area (Å²) >= 11 is 0. The van der Waals surface area contributed by atoms with E-state index in [9.17, 15) is 23.1 Å². The number of amides is 1. The Morgan fingerprint density at radius 3 is 2.46 bits per heavy atom. The Labute approximate surface area is 136 Å². The van der Waals surface area contributed by atoms with Crippen LogP contribution in [0.15, 0.2) is 53.1 Å². The van der Waals surface area contributed by atoms with Crippen LogP contribution in [0.2, 0.25) is 0 Å². The molecule has 8 heteroatoms. The van der Waals surface area contributed by atoms with Crippen molar-refractivity contribution in [3.8, 4) is 0 Å². The first-order valence-electron chi connectivity index (χ1n) is 7.21. The maximum atomic E-state index is 13.1. The number of carbonyl (C=O) groups excluding carboxylic acids is 1. The second-order valence-corrected chi connectivity index (χ2v) is 5.10. The van der Waals surface area contributed by atoms with E-state index in [0.29, 0.717) is 0 Å². The number of aliphatic hydroxyl groups is 1. The van der Waals surface area contributed by atoms with Crippen LogP contribution in [0, 0.1) is 0 Å². The van der Waals surface area contributed by atoms with Crippen molar-refractivity contribution in [1.82, 2.24) is 10.6 Å². The molecule has 2 unspecified atom stereocenters. The first kappa shape index (κ1) is 18.0. The molecule has 5 nitrogen and oxygen atoms in total. The van der Waals surface area contributed by atoms with E-state index in [1.807, 2.05) is 0 Å². The first-order valence-corrected chi connectivity index (χ1v) is 7.21. The maximum absolute atomic E-state index is 13.1. The van der Waals surface area contributed by atoms with E-state index < -0.39 is 30.8 Å². The lowest BCUT2D eigenvalue weighted by Gasteiger charge is -2.22. The summed E-state index contributed by atoms with van der Waals surface area (Å²) in [6, 6.07) is 8.44. The van der Waals surface area contributed by atoms with Crippen LogP contribution in [0.1, 0.15) is 23.5 Å². The van der Waals surface area contributed by atoms with E-state index in [1.165, 1.54) is 36.6 Å². The lowest BCUT2D eigenvalue weighted by Crippen LogP contribution is -2.41. The fourth-order valence-electron chi connectivity index (χ4n) is 2.12. The number of furan rings is 1. The van der Waals surface area contributed by atoms with Crippen molar-refractivity contribution in [1.29, 1.82) is 0 Å². The van der Waals surface area contributed by atoms with Gasteiger partial charge >= 0.3 is 6.18 Å². The van der Waals surface area contributed by atoms with Crippen molar-refractivity contribution in [3.63, 3.8) is 0 Å². The zero-order chi connectivity index (χ0) is 17.6. The van der Waals surface area contributed by atoms with Crippen molar-refractivity contribution >= 4 is 5.91 Å². The number of carbonyl (C=O) groups is 1. The minimum Gasteiger partial charge on any atom is -0.467 e. The third-order valence-corrected chi connectivity index (χ3v) is 3.29. The summed E-state index contributed by atoms with van der Waals surface area (Å²) in [6.45, 7) is -0.694. The summed E-state index contributed by atoms with van der Waals surface area (Å²) in [5.74, 6) is -0.397. The van der Waals surface area contributed by atoms with Gasteiger partial charge in [0.25, 0.3) is 0 Å². The molecule has 2 atom stereocenters. The number of hydrogen-bond acceptors (Lipinski definition) is 4. The zero-order valence-electron chi connectivity index (χ0n) is 12.6. The minimum atomic E-state index is -4.53. The molecule has 2 aromatic rings. The summed E-state index contributed by atoms with van der Waals surface area (Å²) in [7, 11) is 0. The maximum Gasteiger partial charge on any atom is 0.407 e. The molecular formula is C16H17F3N2O3. The molecule has 24 heavy (non-hydrogen) atoms. The standard InChI is InChI=1S/C16H17F3N2O3/c17-16(18,19)15(11-5-2-1-3-6-11)21-10-14(23)20-9-12(22)13-7-4-8-24-13/h1-8,12,15,21-22H,9-10H2,(H,20,23). The summed E-state index contributed by atoms with van der Waals surface area (Å²) in [5.41, 5.74) is 0.0217. The highest BCUT2D eigenvalue weighted by Crippen LogP contribution is 2.32. The van der Waals surface area contributed by atoms with Crippen molar-refractivity contribution in [2.24, 2.45) is 0 Å². The van der Waals surface area contributed by atoms with E-state index in [4.69, 9.17) is 4.42 Å². The number of hydrogen-bond donors (Lipinski definition) is 3. The molecule has 0 aliphatic heterocycles. The van der Waals surface area contributed by atoms with Crippen molar-refractivity contribution in [3.05, 3.63) is 60.1 Å². The third-order valence-electron chi connectivity index (χ3n) is 3.29. The van der Waals surface area contributed by atoms with E-state index in [-0.39, 0.29) is 17.9 Å². The predicted molar refractivity (Wildman–Crippen MR) is 79.9 cm³/mol. The molecule has 1 aromatic carbocycles. The van der Waals surface area contributed by atoms with Gasteiger partial charge in [0.2, 0.25) is 5.91 Å². The Balaban J connectivity index is 1.86. The van der Waals surface area contributed by atoms with Crippen molar-refractivity contribution in [2.75, 3.05) is 13.1 Å². The van der Waals surface area contributed by atoms with Gasteiger partial charge in [0.1, 0.15) is 17.9 Å². The monoisotopic (exact) mass is 342 g/mol. The van der Waals surface area contributed by atoms with Crippen molar-refractivity contribution < 1.29 is 27.5 Å². The lowest BCUT2D eigenvalue weighted by molar-refractivity contribution is -0.158. The number of aliphatic hydroxyl groups excluding tert-OH is 1. The van der Waals surface area contributed by atoms with Crippen LogP contribution in [0.25, 0.3) is 0 Å². The van der Waals surface area contributed by atoms with Gasteiger partial charge < -0.3 is 14.8 Å². The molecular weight excluding hydrogens is 325 g/mol. The summed E-state index contributed by atoms with van der Waals surface area (Å²) < 4.78 is 44.3. The molecule has 0 radical (unpaired) electrons. The highest BCUT2D eigenvalue weighted by molar-refractivity contribution is 5.78. The summed E-state index contributed by atoms with van der Waals surface area (Å²) in [6.07, 6.45) is -4.22. The molecule has 0 aliphatic carbocycles. The van der Waals surface area contributed by atoms with Crippen LogP contribution in [0.3, 0.4) is 0 Å². The van der Waals surface area contributed by atoms with Gasteiger partial charge in [-0.25, -0.2) is 0 Å². The normalized spacial score (nSPS) is 14.2. The molecule has 1 aromatic heterocycles. The topological polar surface area (TPSA) is 74.5 Å². The third kappa shape index (κ3) is 5.10. The van der Waals surface area contributed by atoms with Gasteiger partial charge in [-0.2, -0.15) is 13.2 Å². The zero-order valence-corrected chi connectivity index (χ0v) is 12.6. The Kier molecular flexibility index (Phi) is 5.99. The van der Waals surface area contributed by atoms with Crippen LogP contribution in [-0.2, 0) is 4.79 Å². The number of halogens is 3. The molecule has 1 amide bonds. The minimum absolute atomic E-state index is 0.0217. The van der Waals surface area contributed by atoms with Gasteiger partial charge in [-0.05, 0) is 17.7 Å². The average molecular weight is 342 g/mol. The molecule has 0 saturated carbocycles. The molecule has 0 fully saturated rings. The summed E-state index contributed by atoms with van der Waals surface area (Å²) in [5, 5.41) is 14.3. The Morgan fingerprint density at radius 1 is 1.17 bits per heavy atom. The SMILES string of the molecule is O=C(CNC(c1ccccc1)C(F)(F)F)NCC(O)c1ccco1. The quantitative estimate of drug-likeness (QED) is 0.722. The molecule has 1 heterocycles. The molecule has 0 bridgehead atoms. The van der Waals surface area contributed by atoms with E-state index in [0.717, 1.165) is 0 Å². The van der Waals surface area contributed by atoms with Gasteiger partial charge in [0, 0.05) is 0 Å². The van der Waals surface area contributed by atoms with E-state index in [1.54, 1.807) is 12.1 Å². The Hall–Kier alpha value is -2.32. The van der Waals surface area contributed by atoms with Gasteiger partial charge in [0.15, 0.2) is 0 Å². The lowest BCUT2D eigenvalue weighted by atomic mass is 10.1. The van der Waals surface area contributed by atoms with Crippen LogP contribution < -0.4 is 10.6 Å². The van der Waals surface area contributed by atoms with Gasteiger partial charge in [-0.1, -0.05) is 30.3 Å². The van der Waals surface area contributed by atoms with E-state index >= 15 is 0 Å².